The van der Waals surface area contributed by atoms with Crippen molar-refractivity contribution in [2.75, 3.05) is 17.7 Å². The summed E-state index contributed by atoms with van der Waals surface area (Å²) in [5.41, 5.74) is 9.35. The smallest absolute Gasteiger partial charge is 0.147 e. The predicted octanol–water partition coefficient (Wildman–Crippen LogP) is 4.25. The largest absolute Gasteiger partial charge is 0.382 e. The Labute approximate surface area is 139 Å². The molecule has 3 aromatic heterocycles. The van der Waals surface area contributed by atoms with Gasteiger partial charge in [0.25, 0.3) is 0 Å². The Morgan fingerprint density at radius 2 is 2.10 bits per heavy atom. The summed E-state index contributed by atoms with van der Waals surface area (Å²) < 4.78 is 5.45. The van der Waals surface area contributed by atoms with E-state index in [0.29, 0.717) is 5.82 Å². The van der Waals surface area contributed by atoms with E-state index in [4.69, 9.17) is 5.73 Å². The highest BCUT2D eigenvalue weighted by atomic mass is 79.9. The van der Waals surface area contributed by atoms with Crippen LogP contribution in [-0.2, 0) is 6.54 Å². The molecule has 0 aliphatic carbocycles. The summed E-state index contributed by atoms with van der Waals surface area (Å²) in [6, 6.07) is 6.05. The van der Waals surface area contributed by atoms with Gasteiger partial charge in [-0.3, -0.25) is 4.98 Å². The molecule has 0 aliphatic rings. The van der Waals surface area contributed by atoms with Crippen molar-refractivity contribution in [2.24, 2.45) is 0 Å². The average Bonchev–Trinajstić information content (AvgIpc) is 3.06. The highest BCUT2D eigenvalue weighted by Crippen LogP contribution is 2.39. The van der Waals surface area contributed by atoms with Crippen molar-refractivity contribution in [3.05, 3.63) is 45.3 Å². The third-order valence-electron chi connectivity index (χ3n) is 3.06. The SMILES string of the molecule is CN(Cc1csc(Br)c1)c1snc(N)c1-c1ccncc1. The molecule has 0 fully saturated rings. The average molecular weight is 381 g/mol. The van der Waals surface area contributed by atoms with Crippen molar-refractivity contribution in [1.29, 1.82) is 0 Å². The molecule has 0 saturated heterocycles. The number of thiophene rings is 1. The van der Waals surface area contributed by atoms with Gasteiger partial charge in [-0.05, 0) is 62.2 Å². The van der Waals surface area contributed by atoms with Gasteiger partial charge < -0.3 is 10.6 Å². The number of nitrogen functional groups attached to an aromatic ring is 1. The molecule has 3 aromatic rings. The van der Waals surface area contributed by atoms with E-state index in [1.54, 1.807) is 23.7 Å². The van der Waals surface area contributed by atoms with E-state index in [1.165, 1.54) is 17.1 Å². The molecule has 3 heterocycles. The third kappa shape index (κ3) is 3.09. The molecular weight excluding hydrogens is 368 g/mol. The Balaban J connectivity index is 1.92. The minimum absolute atomic E-state index is 0.569. The maximum Gasteiger partial charge on any atom is 0.147 e. The van der Waals surface area contributed by atoms with Crippen LogP contribution in [0.25, 0.3) is 11.1 Å². The van der Waals surface area contributed by atoms with E-state index in [1.807, 2.05) is 12.1 Å². The van der Waals surface area contributed by atoms with Crippen molar-refractivity contribution < 1.29 is 0 Å². The summed E-state index contributed by atoms with van der Waals surface area (Å²) in [6.07, 6.45) is 3.54. The molecule has 4 nitrogen and oxygen atoms in total. The molecule has 3 rings (SSSR count). The van der Waals surface area contributed by atoms with E-state index >= 15 is 0 Å². The van der Waals surface area contributed by atoms with E-state index in [0.717, 1.165) is 26.5 Å². The third-order valence-corrected chi connectivity index (χ3v) is 5.59. The van der Waals surface area contributed by atoms with Crippen LogP contribution < -0.4 is 10.6 Å². The number of rotatable bonds is 4. The topological polar surface area (TPSA) is 55.0 Å². The second-order valence-corrected chi connectivity index (χ2v) is 7.64. The lowest BCUT2D eigenvalue weighted by atomic mass is 10.1. The number of pyridine rings is 1. The lowest BCUT2D eigenvalue weighted by Gasteiger charge is -2.18. The molecule has 0 aliphatic heterocycles. The van der Waals surface area contributed by atoms with Gasteiger partial charge in [-0.25, -0.2) is 0 Å². The maximum absolute atomic E-state index is 6.06. The van der Waals surface area contributed by atoms with Gasteiger partial charge in [0.1, 0.15) is 10.8 Å². The molecule has 0 unspecified atom stereocenters. The molecule has 0 aromatic carbocycles. The zero-order chi connectivity index (χ0) is 14.8. The highest BCUT2D eigenvalue weighted by molar-refractivity contribution is 9.11. The first kappa shape index (κ1) is 14.5. The highest BCUT2D eigenvalue weighted by Gasteiger charge is 2.17. The molecule has 0 spiro atoms. The Morgan fingerprint density at radius 1 is 1.33 bits per heavy atom. The zero-order valence-electron chi connectivity index (χ0n) is 11.3. The second-order valence-electron chi connectivity index (χ2n) is 4.60. The molecular formula is C14H13BrN4S2. The summed E-state index contributed by atoms with van der Waals surface area (Å²) in [5, 5.41) is 3.22. The van der Waals surface area contributed by atoms with Gasteiger partial charge in [0.2, 0.25) is 0 Å². The first-order valence-corrected chi connectivity index (χ1v) is 8.69. The number of aromatic nitrogens is 2. The van der Waals surface area contributed by atoms with Gasteiger partial charge in [0, 0.05) is 26.0 Å². The van der Waals surface area contributed by atoms with E-state index in [9.17, 15) is 0 Å². The quantitative estimate of drug-likeness (QED) is 0.734. The molecule has 21 heavy (non-hydrogen) atoms. The maximum atomic E-state index is 6.06. The molecule has 0 bridgehead atoms. The second kappa shape index (κ2) is 6.13. The monoisotopic (exact) mass is 380 g/mol. The van der Waals surface area contributed by atoms with Crippen LogP contribution in [0.1, 0.15) is 5.56 Å². The Kier molecular flexibility index (Phi) is 4.23. The van der Waals surface area contributed by atoms with E-state index < -0.39 is 0 Å². The minimum Gasteiger partial charge on any atom is -0.382 e. The van der Waals surface area contributed by atoms with Gasteiger partial charge in [0.05, 0.1) is 9.35 Å². The molecule has 0 atom stereocenters. The first-order chi connectivity index (χ1) is 10.1. The van der Waals surface area contributed by atoms with Crippen molar-refractivity contribution in [3.63, 3.8) is 0 Å². The Morgan fingerprint density at radius 3 is 2.76 bits per heavy atom. The number of hydrogen-bond donors (Lipinski definition) is 1. The van der Waals surface area contributed by atoms with Gasteiger partial charge in [-0.2, -0.15) is 4.37 Å². The summed E-state index contributed by atoms with van der Waals surface area (Å²) in [6.45, 7) is 0.821. The van der Waals surface area contributed by atoms with Crippen LogP contribution in [-0.4, -0.2) is 16.4 Å². The van der Waals surface area contributed by atoms with Crippen molar-refractivity contribution in [1.82, 2.24) is 9.36 Å². The van der Waals surface area contributed by atoms with Crippen LogP contribution >= 0.6 is 38.8 Å². The van der Waals surface area contributed by atoms with Crippen molar-refractivity contribution in [2.45, 2.75) is 6.54 Å². The lowest BCUT2D eigenvalue weighted by Crippen LogP contribution is -2.15. The van der Waals surface area contributed by atoms with Crippen LogP contribution in [0, 0.1) is 0 Å². The van der Waals surface area contributed by atoms with Crippen LogP contribution in [0.4, 0.5) is 10.8 Å². The minimum atomic E-state index is 0.569. The van der Waals surface area contributed by atoms with Crippen LogP contribution in [0.5, 0.6) is 0 Å². The normalized spacial score (nSPS) is 10.8. The van der Waals surface area contributed by atoms with Crippen LogP contribution in [0.2, 0.25) is 0 Å². The van der Waals surface area contributed by atoms with Crippen LogP contribution in [0.15, 0.2) is 39.8 Å². The predicted molar refractivity (Wildman–Crippen MR) is 93.9 cm³/mol. The lowest BCUT2D eigenvalue weighted by molar-refractivity contribution is 0.940. The number of hydrogen-bond acceptors (Lipinski definition) is 6. The summed E-state index contributed by atoms with van der Waals surface area (Å²) in [4.78, 5) is 6.23. The van der Waals surface area contributed by atoms with Gasteiger partial charge in [0.15, 0.2) is 0 Å². The van der Waals surface area contributed by atoms with Crippen LogP contribution in [0.3, 0.4) is 0 Å². The molecule has 7 heteroatoms. The molecule has 0 radical (unpaired) electrons. The fraction of sp³-hybridized carbons (Fsp3) is 0.143. The summed E-state index contributed by atoms with van der Waals surface area (Å²) >= 11 is 6.62. The zero-order valence-corrected chi connectivity index (χ0v) is 14.5. The van der Waals surface area contributed by atoms with Gasteiger partial charge >= 0.3 is 0 Å². The Hall–Kier alpha value is -1.44. The standard InChI is InChI=1S/C14H13BrN4S2/c1-19(7-9-6-11(15)20-8-9)14-12(13(16)18-21-14)10-2-4-17-5-3-10/h2-6,8H,7H2,1H3,(H2,16,18). The first-order valence-electron chi connectivity index (χ1n) is 6.24. The van der Waals surface area contributed by atoms with Crippen molar-refractivity contribution >= 4 is 49.6 Å². The molecule has 108 valence electrons. The van der Waals surface area contributed by atoms with Crippen molar-refractivity contribution in [3.8, 4) is 11.1 Å². The number of anilines is 2. The summed E-state index contributed by atoms with van der Waals surface area (Å²) in [5.74, 6) is 0.569. The molecule has 2 N–H and O–H groups in total. The number of nitrogens with zero attached hydrogens (tertiary/aromatic N) is 3. The van der Waals surface area contributed by atoms with Gasteiger partial charge in [-0.1, -0.05) is 0 Å². The fourth-order valence-corrected chi connectivity index (χ4v) is 4.11. The molecule has 0 amide bonds. The molecule has 0 saturated carbocycles. The van der Waals surface area contributed by atoms with E-state index in [-0.39, 0.29) is 0 Å². The number of nitrogens with two attached hydrogens (primary N) is 1. The Bertz CT molecular complexity index is 739. The number of halogens is 1. The fourth-order valence-electron chi connectivity index (χ4n) is 2.12. The van der Waals surface area contributed by atoms with Gasteiger partial charge in [-0.15, -0.1) is 11.3 Å². The van der Waals surface area contributed by atoms with E-state index in [2.05, 4.69) is 48.7 Å². The summed E-state index contributed by atoms with van der Waals surface area (Å²) in [7, 11) is 2.06.